The van der Waals surface area contributed by atoms with E-state index in [9.17, 15) is 57.6 Å². The van der Waals surface area contributed by atoms with Crippen molar-refractivity contribution in [2.45, 2.75) is 127 Å². The first-order valence-corrected chi connectivity index (χ1v) is 19.7. The van der Waals surface area contributed by atoms with Gasteiger partial charge in [0.05, 0.1) is 35.6 Å². The molecule has 0 aromatic heterocycles. The topological polar surface area (TPSA) is 224 Å². The van der Waals surface area contributed by atoms with Crippen LogP contribution in [0.2, 0.25) is 0 Å². The number of hydrogen-bond donors (Lipinski definition) is 5. The predicted octanol–water partition coefficient (Wildman–Crippen LogP) is 3.80. The van der Waals surface area contributed by atoms with Crippen LogP contribution in [0.25, 0.3) is 0 Å². The average Bonchev–Trinajstić information content (AvgIpc) is 3.18. The second-order valence-electron chi connectivity index (χ2n) is 17.5. The smallest absolute Gasteiger partial charge is 0.427 e. The molecule has 4 aliphatic rings. The summed E-state index contributed by atoms with van der Waals surface area (Å²) in [5.74, 6) is -5.88. The van der Waals surface area contributed by atoms with Crippen LogP contribution < -0.4 is 5.32 Å². The number of Topliss-reactive ketones (excluding diaryl/α,β-unsaturated/α-hetero) is 1. The van der Waals surface area contributed by atoms with E-state index in [1.165, 1.54) is 64.1 Å². The van der Waals surface area contributed by atoms with E-state index in [4.69, 9.17) is 18.9 Å². The van der Waals surface area contributed by atoms with Crippen LogP contribution in [0.4, 0.5) is 18.0 Å². The van der Waals surface area contributed by atoms with Gasteiger partial charge in [0.25, 0.3) is 0 Å². The summed E-state index contributed by atoms with van der Waals surface area (Å²) in [6.07, 6.45) is -18.2. The quantitative estimate of drug-likeness (QED) is 0.138. The van der Waals surface area contributed by atoms with Gasteiger partial charge in [0.1, 0.15) is 30.0 Å². The molecule has 11 atom stereocenters. The number of rotatable bonds is 9. The van der Waals surface area contributed by atoms with Gasteiger partial charge >= 0.3 is 30.2 Å². The predicted molar refractivity (Wildman–Crippen MR) is 204 cm³/mol. The second-order valence-corrected chi connectivity index (χ2v) is 17.5. The molecular weight excluding hydrogens is 811 g/mol. The van der Waals surface area contributed by atoms with E-state index in [1.54, 1.807) is 24.3 Å². The lowest BCUT2D eigenvalue weighted by Gasteiger charge is -2.67. The number of ether oxygens (including phenoxy) is 5. The summed E-state index contributed by atoms with van der Waals surface area (Å²) < 4.78 is 69.3. The number of fused-ring (bicyclic) bond motifs is 5. The first kappa shape index (κ1) is 45.6. The molecule has 3 fully saturated rings. The fourth-order valence-electron chi connectivity index (χ4n) is 9.57. The van der Waals surface area contributed by atoms with Crippen molar-refractivity contribution in [1.82, 2.24) is 5.32 Å². The van der Waals surface area contributed by atoms with Gasteiger partial charge in [-0.15, -0.1) is 0 Å². The summed E-state index contributed by atoms with van der Waals surface area (Å²) in [6, 6.07) is 13.1. The zero-order valence-corrected chi connectivity index (χ0v) is 34.5. The Kier molecular flexibility index (Phi) is 11.8. The molecule has 2 bridgehead atoms. The lowest BCUT2D eigenvalue weighted by Crippen LogP contribution is -2.81. The number of aliphatic hydroxyl groups is 4. The van der Waals surface area contributed by atoms with Crippen LogP contribution >= 0.6 is 0 Å². The minimum absolute atomic E-state index is 0.0174. The zero-order valence-electron chi connectivity index (χ0n) is 34.5. The molecule has 2 saturated carbocycles. The molecule has 2 aromatic rings. The van der Waals surface area contributed by atoms with Gasteiger partial charge in [-0.2, -0.15) is 13.2 Å². The van der Waals surface area contributed by atoms with Crippen LogP contribution in [0, 0.1) is 16.7 Å². The SMILES string of the molecule is CC(=O)O[C@@]12CO[C@@H]1C[C@H](O)[C@@]1(C)C(=O)[C@H](O)C3=C(C)[C@@H](OC(=O)[C@H](O)[C@@H](NC(=O)OC(C)(C)C(F)(F)F)c4ccccc4)C[C@@](O)([C@@H](OC(=O)c4ccccc4)[C@H]21)C3(C)C. The first-order chi connectivity index (χ1) is 28.2. The molecule has 61 heavy (non-hydrogen) atoms. The van der Waals surface area contributed by atoms with Crippen LogP contribution in [-0.2, 0) is 38.1 Å². The number of aliphatic hydroxyl groups excluding tert-OH is 3. The van der Waals surface area contributed by atoms with Gasteiger partial charge in [-0.25, -0.2) is 14.4 Å². The third-order valence-electron chi connectivity index (χ3n) is 13.2. The number of alkyl halides is 3. The van der Waals surface area contributed by atoms with Crippen LogP contribution in [0.5, 0.6) is 0 Å². The number of amides is 1. The van der Waals surface area contributed by atoms with E-state index in [0.29, 0.717) is 13.8 Å². The van der Waals surface area contributed by atoms with Crippen LogP contribution in [0.3, 0.4) is 0 Å². The molecule has 1 saturated heterocycles. The lowest BCUT2D eigenvalue weighted by atomic mass is 9.44. The van der Waals surface area contributed by atoms with Gasteiger partial charge in [0, 0.05) is 25.2 Å². The monoisotopic (exact) mass is 861 g/mol. The van der Waals surface area contributed by atoms with E-state index < -0.39 is 119 Å². The van der Waals surface area contributed by atoms with Gasteiger partial charge in [-0.05, 0) is 56.5 Å². The molecule has 0 radical (unpaired) electrons. The van der Waals surface area contributed by atoms with E-state index in [0.717, 1.165) is 6.92 Å². The molecule has 3 aliphatic carbocycles. The number of benzene rings is 2. The highest BCUT2D eigenvalue weighted by Crippen LogP contribution is 2.64. The summed E-state index contributed by atoms with van der Waals surface area (Å²) in [6.45, 7) is 7.63. The Balaban J connectivity index is 1.46. The highest BCUT2D eigenvalue weighted by Gasteiger charge is 2.78. The highest BCUT2D eigenvalue weighted by atomic mass is 19.4. The van der Waals surface area contributed by atoms with Gasteiger partial charge < -0.3 is 49.4 Å². The highest BCUT2D eigenvalue weighted by molar-refractivity contribution is 5.94. The maximum atomic E-state index is 14.9. The van der Waals surface area contributed by atoms with Crippen molar-refractivity contribution in [3.63, 3.8) is 0 Å². The Hall–Kier alpha value is -4.88. The fourth-order valence-corrected chi connectivity index (χ4v) is 9.57. The number of carbonyl (C=O) groups excluding carboxylic acids is 5. The molecule has 332 valence electrons. The summed E-state index contributed by atoms with van der Waals surface area (Å²) >= 11 is 0. The Morgan fingerprint density at radius 2 is 1.54 bits per heavy atom. The standard InChI is InChI=1S/C43H50F3NO14/c1-21-25(58-36(54)31(51)29(23-14-10-8-11-15-23)47-37(55)61-39(5,6)43(44,45)46)19-42(56)34(59-35(53)24-16-12-9-13-17-24)32-40(7,33(52)30(50)28(21)38(42,3)4)26(49)18-27-41(32,20-57-27)60-22(2)48/h8-17,25-27,29-32,34,49-51,56H,18-20H2,1-7H3,(H,47,55)/t25-,26-,27+,29-,30+,31+,32-,34-,40+,41-,42+/m0/s1. The maximum absolute atomic E-state index is 14.9. The number of esters is 3. The minimum atomic E-state index is -4.99. The van der Waals surface area contributed by atoms with Crippen molar-refractivity contribution < 1.29 is 81.3 Å². The van der Waals surface area contributed by atoms with Crippen molar-refractivity contribution in [1.29, 1.82) is 0 Å². The van der Waals surface area contributed by atoms with Crippen molar-refractivity contribution in [2.75, 3.05) is 6.61 Å². The van der Waals surface area contributed by atoms with Crippen LogP contribution in [0.15, 0.2) is 71.8 Å². The number of hydrogen-bond acceptors (Lipinski definition) is 14. The number of halogens is 3. The molecule has 0 spiro atoms. The van der Waals surface area contributed by atoms with E-state index in [-0.39, 0.29) is 35.3 Å². The van der Waals surface area contributed by atoms with Gasteiger partial charge in [0.2, 0.25) is 5.60 Å². The van der Waals surface area contributed by atoms with E-state index in [2.05, 4.69) is 10.1 Å². The number of alkyl carbamates (subject to hydrolysis) is 1. The summed E-state index contributed by atoms with van der Waals surface area (Å²) in [4.78, 5) is 68.8. The van der Waals surface area contributed by atoms with Gasteiger partial charge in [-0.1, -0.05) is 62.4 Å². The molecular formula is C43H50F3NO14. The van der Waals surface area contributed by atoms with Gasteiger partial charge in [-0.3, -0.25) is 9.59 Å². The lowest BCUT2D eigenvalue weighted by molar-refractivity contribution is -0.346. The van der Waals surface area contributed by atoms with Crippen LogP contribution in [0.1, 0.15) is 83.3 Å². The molecule has 5 N–H and O–H groups in total. The van der Waals surface area contributed by atoms with Crippen LogP contribution in [-0.4, -0.2) is 116 Å². The second kappa shape index (κ2) is 15.8. The molecule has 15 nitrogen and oxygen atoms in total. The van der Waals surface area contributed by atoms with Gasteiger partial charge in [0.15, 0.2) is 17.5 Å². The number of carbonyl (C=O) groups is 5. The fraction of sp³-hybridized carbons (Fsp3) is 0.558. The Morgan fingerprint density at radius 1 is 0.951 bits per heavy atom. The molecule has 6 rings (SSSR count). The first-order valence-electron chi connectivity index (χ1n) is 19.7. The zero-order chi connectivity index (χ0) is 45.2. The van der Waals surface area contributed by atoms with E-state index in [1.807, 2.05) is 0 Å². The number of nitrogens with one attached hydrogen (secondary N) is 1. The number of ketones is 1. The third kappa shape index (κ3) is 7.49. The molecule has 0 unspecified atom stereocenters. The summed E-state index contributed by atoms with van der Waals surface area (Å²) in [7, 11) is 0. The minimum Gasteiger partial charge on any atom is -0.456 e. The van der Waals surface area contributed by atoms with Crippen molar-refractivity contribution >= 4 is 29.8 Å². The summed E-state index contributed by atoms with van der Waals surface area (Å²) in [5.41, 5.74) is -11.1. The Labute approximate surface area is 349 Å². The van der Waals surface area contributed by atoms with Crippen molar-refractivity contribution in [2.24, 2.45) is 16.7 Å². The maximum Gasteiger partial charge on any atom is 0.427 e. The largest absolute Gasteiger partial charge is 0.456 e. The molecule has 18 heteroatoms. The third-order valence-corrected chi connectivity index (χ3v) is 13.2. The Morgan fingerprint density at radius 3 is 2.08 bits per heavy atom. The average molecular weight is 862 g/mol. The van der Waals surface area contributed by atoms with E-state index >= 15 is 0 Å². The normalized spacial score (nSPS) is 32.9. The summed E-state index contributed by atoms with van der Waals surface area (Å²) in [5, 5.41) is 51.0. The molecule has 1 amide bonds. The van der Waals surface area contributed by atoms with Crippen molar-refractivity contribution in [3.05, 3.63) is 82.9 Å². The molecule has 1 aliphatic heterocycles. The molecule has 1 heterocycles. The van der Waals surface area contributed by atoms with Crippen molar-refractivity contribution in [3.8, 4) is 0 Å². The Bertz CT molecular complexity index is 2090. The molecule has 2 aromatic carbocycles.